The van der Waals surface area contributed by atoms with Crippen LogP contribution in [0.4, 0.5) is 0 Å². The Morgan fingerprint density at radius 1 is 1.21 bits per heavy atom. The van der Waals surface area contributed by atoms with Gasteiger partial charge in [0.2, 0.25) is 11.8 Å². The Bertz CT molecular complexity index is 689. The Hall–Kier alpha value is -1.63. The first-order valence-corrected chi connectivity index (χ1v) is 10.6. The Balaban J connectivity index is 1.50. The van der Waals surface area contributed by atoms with Crippen molar-refractivity contribution in [1.29, 1.82) is 0 Å². The van der Waals surface area contributed by atoms with Crippen molar-refractivity contribution in [3.63, 3.8) is 0 Å². The molecule has 0 aliphatic carbocycles. The quantitative estimate of drug-likeness (QED) is 0.783. The smallest absolute Gasteiger partial charge is 0.237 e. The van der Waals surface area contributed by atoms with Gasteiger partial charge < -0.3 is 10.2 Å². The van der Waals surface area contributed by atoms with Crippen molar-refractivity contribution in [2.24, 2.45) is 5.92 Å². The molecule has 2 saturated heterocycles. The summed E-state index contributed by atoms with van der Waals surface area (Å²) in [5.74, 6) is 0.539. The summed E-state index contributed by atoms with van der Waals surface area (Å²) in [6.07, 6.45) is 0.271. The van der Waals surface area contributed by atoms with E-state index in [4.69, 9.17) is 11.6 Å². The maximum absolute atomic E-state index is 12.8. The molecule has 2 fully saturated rings. The number of halogens is 1. The molecule has 0 radical (unpaired) electrons. The van der Waals surface area contributed by atoms with Crippen LogP contribution in [0.3, 0.4) is 0 Å². The molecular weight excluding hydrogens is 376 g/mol. The van der Waals surface area contributed by atoms with E-state index < -0.39 is 0 Å². The molecule has 0 saturated carbocycles. The van der Waals surface area contributed by atoms with Gasteiger partial charge in [-0.25, -0.2) is 0 Å². The average molecular weight is 407 g/mol. The summed E-state index contributed by atoms with van der Waals surface area (Å²) in [6.45, 7) is 10.5. The lowest BCUT2D eigenvalue weighted by Gasteiger charge is -2.38. The fourth-order valence-electron chi connectivity index (χ4n) is 4.01. The molecule has 0 aromatic heterocycles. The monoisotopic (exact) mass is 406 g/mol. The van der Waals surface area contributed by atoms with Crippen LogP contribution in [0.15, 0.2) is 24.3 Å². The van der Waals surface area contributed by atoms with Gasteiger partial charge in [-0.2, -0.15) is 0 Å². The second kappa shape index (κ2) is 9.72. The van der Waals surface area contributed by atoms with E-state index in [1.54, 1.807) is 0 Å². The molecule has 0 spiro atoms. The highest BCUT2D eigenvalue weighted by Crippen LogP contribution is 2.16. The lowest BCUT2D eigenvalue weighted by Crippen LogP contribution is -2.58. The van der Waals surface area contributed by atoms with Crippen molar-refractivity contribution in [3.8, 4) is 0 Å². The molecule has 154 valence electrons. The molecule has 2 aliphatic rings. The normalized spacial score (nSPS) is 21.8. The SMILES string of the molecule is CC(C)CN1CCNC(=O)[C@@H]1CC(=O)N1CCN(Cc2cccc(Cl)c2)CC1. The number of benzene rings is 1. The van der Waals surface area contributed by atoms with Crippen molar-refractivity contribution >= 4 is 23.4 Å². The minimum absolute atomic E-state index is 0.0140. The van der Waals surface area contributed by atoms with Gasteiger partial charge in [0.15, 0.2) is 0 Å². The van der Waals surface area contributed by atoms with Gasteiger partial charge >= 0.3 is 0 Å². The second-order valence-corrected chi connectivity index (χ2v) is 8.62. The minimum atomic E-state index is -0.340. The molecule has 1 N–H and O–H groups in total. The van der Waals surface area contributed by atoms with E-state index in [1.165, 1.54) is 5.56 Å². The van der Waals surface area contributed by atoms with Crippen LogP contribution in [-0.2, 0) is 16.1 Å². The number of hydrogen-bond donors (Lipinski definition) is 1. The van der Waals surface area contributed by atoms with Crippen LogP contribution >= 0.6 is 11.6 Å². The first-order chi connectivity index (χ1) is 13.4. The van der Waals surface area contributed by atoms with Crippen LogP contribution < -0.4 is 5.32 Å². The third kappa shape index (κ3) is 5.69. The molecule has 2 aliphatic heterocycles. The molecule has 1 aromatic carbocycles. The van der Waals surface area contributed by atoms with Gasteiger partial charge in [0.25, 0.3) is 0 Å². The summed E-state index contributed by atoms with van der Waals surface area (Å²) in [5.41, 5.74) is 1.19. The van der Waals surface area contributed by atoms with Gasteiger partial charge in [-0.1, -0.05) is 37.6 Å². The van der Waals surface area contributed by atoms with Crippen LogP contribution in [-0.4, -0.2) is 78.4 Å². The summed E-state index contributed by atoms with van der Waals surface area (Å²) >= 11 is 6.07. The van der Waals surface area contributed by atoms with Crippen molar-refractivity contribution in [1.82, 2.24) is 20.0 Å². The topological polar surface area (TPSA) is 55.9 Å². The highest BCUT2D eigenvalue weighted by Gasteiger charge is 2.33. The van der Waals surface area contributed by atoms with Crippen LogP contribution in [0.5, 0.6) is 0 Å². The zero-order chi connectivity index (χ0) is 20.1. The Morgan fingerprint density at radius 3 is 2.64 bits per heavy atom. The van der Waals surface area contributed by atoms with E-state index >= 15 is 0 Å². The van der Waals surface area contributed by atoms with Gasteiger partial charge in [-0.05, 0) is 23.6 Å². The van der Waals surface area contributed by atoms with E-state index in [-0.39, 0.29) is 24.3 Å². The standard InChI is InChI=1S/C21H31ClN4O2/c1-16(2)14-26-7-6-23-21(28)19(26)13-20(27)25-10-8-24(9-11-25)15-17-4-3-5-18(22)12-17/h3-5,12,16,19H,6-11,13-15H2,1-2H3,(H,23,28)/t19-/m0/s1. The molecule has 6 nitrogen and oxygen atoms in total. The van der Waals surface area contributed by atoms with Crippen molar-refractivity contribution < 1.29 is 9.59 Å². The molecule has 0 bridgehead atoms. The zero-order valence-corrected chi connectivity index (χ0v) is 17.6. The number of piperazine rings is 2. The molecular formula is C21H31ClN4O2. The summed E-state index contributed by atoms with van der Waals surface area (Å²) in [7, 11) is 0. The van der Waals surface area contributed by atoms with E-state index in [0.29, 0.717) is 25.6 Å². The summed E-state index contributed by atoms with van der Waals surface area (Å²) in [4.78, 5) is 31.6. The number of rotatable bonds is 6. The van der Waals surface area contributed by atoms with Crippen LogP contribution in [0.25, 0.3) is 0 Å². The predicted octanol–water partition coefficient (Wildman–Crippen LogP) is 1.83. The molecule has 0 unspecified atom stereocenters. The van der Waals surface area contributed by atoms with Gasteiger partial charge in [-0.15, -0.1) is 0 Å². The van der Waals surface area contributed by atoms with E-state index in [9.17, 15) is 9.59 Å². The third-order valence-corrected chi connectivity index (χ3v) is 5.66. The first kappa shape index (κ1) is 21.1. The fraction of sp³-hybridized carbons (Fsp3) is 0.619. The number of hydrogen-bond acceptors (Lipinski definition) is 4. The molecule has 3 rings (SSSR count). The summed E-state index contributed by atoms with van der Waals surface area (Å²) in [6, 6.07) is 7.58. The maximum atomic E-state index is 12.8. The molecule has 2 heterocycles. The maximum Gasteiger partial charge on any atom is 0.237 e. The van der Waals surface area contributed by atoms with Gasteiger partial charge in [0.1, 0.15) is 0 Å². The molecule has 28 heavy (non-hydrogen) atoms. The van der Waals surface area contributed by atoms with Crippen molar-refractivity contribution in [2.75, 3.05) is 45.8 Å². The molecule has 2 amide bonds. The highest BCUT2D eigenvalue weighted by atomic mass is 35.5. The highest BCUT2D eigenvalue weighted by molar-refractivity contribution is 6.30. The zero-order valence-electron chi connectivity index (χ0n) is 16.9. The first-order valence-electron chi connectivity index (χ1n) is 10.2. The second-order valence-electron chi connectivity index (χ2n) is 8.19. The van der Waals surface area contributed by atoms with Crippen LogP contribution in [0.1, 0.15) is 25.8 Å². The molecule has 1 aromatic rings. The summed E-state index contributed by atoms with van der Waals surface area (Å²) < 4.78 is 0. The van der Waals surface area contributed by atoms with E-state index in [1.807, 2.05) is 23.1 Å². The van der Waals surface area contributed by atoms with Gasteiger partial charge in [-0.3, -0.25) is 19.4 Å². The van der Waals surface area contributed by atoms with Crippen LogP contribution in [0, 0.1) is 5.92 Å². The van der Waals surface area contributed by atoms with Crippen molar-refractivity contribution in [3.05, 3.63) is 34.9 Å². The fourth-order valence-corrected chi connectivity index (χ4v) is 4.23. The predicted molar refractivity (Wildman–Crippen MR) is 111 cm³/mol. The largest absolute Gasteiger partial charge is 0.353 e. The lowest BCUT2D eigenvalue weighted by atomic mass is 10.0. The average Bonchev–Trinajstić information content (AvgIpc) is 2.64. The number of carbonyl (C=O) groups is 2. The minimum Gasteiger partial charge on any atom is -0.353 e. The van der Waals surface area contributed by atoms with Gasteiger partial charge in [0, 0.05) is 57.4 Å². The van der Waals surface area contributed by atoms with Crippen molar-refractivity contribution in [2.45, 2.75) is 32.9 Å². The number of nitrogens with one attached hydrogen (secondary N) is 1. The third-order valence-electron chi connectivity index (χ3n) is 5.43. The lowest BCUT2D eigenvalue weighted by molar-refractivity contribution is -0.140. The van der Waals surface area contributed by atoms with Crippen LogP contribution in [0.2, 0.25) is 5.02 Å². The number of amides is 2. The number of nitrogens with zero attached hydrogens (tertiary/aromatic N) is 3. The number of carbonyl (C=O) groups excluding carboxylic acids is 2. The summed E-state index contributed by atoms with van der Waals surface area (Å²) in [5, 5.41) is 3.66. The van der Waals surface area contributed by atoms with E-state index in [2.05, 4.69) is 35.0 Å². The Morgan fingerprint density at radius 2 is 1.96 bits per heavy atom. The molecule has 1 atom stereocenters. The Labute approximate surface area is 172 Å². The van der Waals surface area contributed by atoms with Gasteiger partial charge in [0.05, 0.1) is 12.5 Å². The van der Waals surface area contributed by atoms with E-state index in [0.717, 1.165) is 37.7 Å². The Kier molecular flexibility index (Phi) is 7.32. The molecule has 7 heteroatoms.